The lowest BCUT2D eigenvalue weighted by molar-refractivity contribution is -0.227. The lowest BCUT2D eigenvalue weighted by Crippen LogP contribution is -2.54. The van der Waals surface area contributed by atoms with E-state index in [9.17, 15) is 0 Å². The quantitative estimate of drug-likeness (QED) is 0.403. The summed E-state index contributed by atoms with van der Waals surface area (Å²) in [5.74, 6) is 4.31. The van der Waals surface area contributed by atoms with E-state index in [1.807, 2.05) is 0 Å². The fraction of sp³-hybridized carbons (Fsp3) is 0.786. The molecule has 2 atom stereocenters. The van der Waals surface area contributed by atoms with Crippen LogP contribution in [0.25, 0.3) is 0 Å². The lowest BCUT2D eigenvalue weighted by atomic mass is 9.49. The Morgan fingerprint density at radius 3 is 1.90 bits per heavy atom. The van der Waals surface area contributed by atoms with Crippen LogP contribution in [-0.2, 0) is 4.74 Å². The van der Waals surface area contributed by atoms with Crippen LogP contribution >= 0.6 is 0 Å². The van der Waals surface area contributed by atoms with E-state index in [1.54, 1.807) is 0 Å². The molecule has 0 N–H and O–H groups in total. The summed E-state index contributed by atoms with van der Waals surface area (Å²) in [7, 11) is 0. The molecule has 2 unspecified atom stereocenters. The highest BCUT2D eigenvalue weighted by molar-refractivity contribution is 5.30. The zero-order valence-corrected chi connectivity index (χ0v) is 20.2. The van der Waals surface area contributed by atoms with Crippen LogP contribution in [0.5, 0.6) is 5.75 Å². The van der Waals surface area contributed by atoms with Crippen molar-refractivity contribution in [1.82, 2.24) is 0 Å². The Balaban J connectivity index is 1.50. The molecule has 0 spiro atoms. The summed E-state index contributed by atoms with van der Waals surface area (Å²) in [6.07, 6.45) is 10.8. The highest BCUT2D eigenvalue weighted by atomic mass is 16.7. The molecule has 4 aliphatic rings. The van der Waals surface area contributed by atoms with Crippen molar-refractivity contribution in [2.75, 3.05) is 0 Å². The highest BCUT2D eigenvalue weighted by Gasteiger charge is 2.56. The van der Waals surface area contributed by atoms with E-state index < -0.39 is 0 Å². The molecule has 4 bridgehead atoms. The van der Waals surface area contributed by atoms with Gasteiger partial charge in [0.05, 0.1) is 6.10 Å². The minimum atomic E-state index is -0.103. The monoisotopic (exact) mass is 412 g/mol. The molecule has 0 aliphatic heterocycles. The Kier molecular flexibility index (Phi) is 6.28. The standard InChI is InChI=1S/C28H44O2/c1-7-23(18-27(4,5)6)24-8-10-25(11-9-24)30-26(29-19(2)3)28-15-20-12-21(16-28)14-22(13-20)17-28/h8-11,19-23,26H,7,12-18H2,1-6H3. The Labute approximate surface area is 185 Å². The maximum Gasteiger partial charge on any atom is 0.205 e. The average molecular weight is 413 g/mol. The molecule has 0 radical (unpaired) electrons. The molecule has 1 aromatic rings. The van der Waals surface area contributed by atoms with Gasteiger partial charge >= 0.3 is 0 Å². The predicted molar refractivity (Wildman–Crippen MR) is 125 cm³/mol. The summed E-state index contributed by atoms with van der Waals surface area (Å²) >= 11 is 0. The first-order valence-corrected chi connectivity index (χ1v) is 12.6. The SMILES string of the molecule is CCC(CC(C)(C)C)c1ccc(OC(OC(C)C)C23CC4CC(CC(C4)C2)C3)cc1. The molecule has 168 valence electrons. The Morgan fingerprint density at radius 2 is 1.47 bits per heavy atom. The Hall–Kier alpha value is -1.02. The smallest absolute Gasteiger partial charge is 0.205 e. The van der Waals surface area contributed by atoms with Crippen molar-refractivity contribution in [2.45, 2.75) is 111 Å². The molecule has 0 saturated heterocycles. The molecule has 4 aliphatic carbocycles. The maximum atomic E-state index is 6.66. The van der Waals surface area contributed by atoms with Gasteiger partial charge in [-0.1, -0.05) is 39.8 Å². The van der Waals surface area contributed by atoms with Crippen LogP contribution in [0, 0.1) is 28.6 Å². The van der Waals surface area contributed by atoms with Crippen molar-refractivity contribution < 1.29 is 9.47 Å². The van der Waals surface area contributed by atoms with Gasteiger partial charge in [0.25, 0.3) is 0 Å². The molecule has 0 aromatic heterocycles. The number of hydrogen-bond acceptors (Lipinski definition) is 2. The van der Waals surface area contributed by atoms with Gasteiger partial charge in [0.2, 0.25) is 6.29 Å². The van der Waals surface area contributed by atoms with Crippen molar-refractivity contribution in [3.8, 4) is 5.75 Å². The van der Waals surface area contributed by atoms with Crippen molar-refractivity contribution >= 4 is 0 Å². The van der Waals surface area contributed by atoms with Gasteiger partial charge in [0.1, 0.15) is 5.75 Å². The van der Waals surface area contributed by atoms with Gasteiger partial charge in [-0.05, 0) is 112 Å². The van der Waals surface area contributed by atoms with E-state index in [2.05, 4.69) is 65.8 Å². The van der Waals surface area contributed by atoms with Crippen LogP contribution in [-0.4, -0.2) is 12.4 Å². The molecule has 4 fully saturated rings. The van der Waals surface area contributed by atoms with E-state index in [-0.39, 0.29) is 17.8 Å². The van der Waals surface area contributed by atoms with Crippen molar-refractivity contribution in [2.24, 2.45) is 28.6 Å². The molecule has 2 heteroatoms. The molecule has 1 aromatic carbocycles. The first-order valence-electron chi connectivity index (χ1n) is 12.6. The minimum Gasteiger partial charge on any atom is -0.464 e. The van der Waals surface area contributed by atoms with Gasteiger partial charge in [-0.2, -0.15) is 0 Å². The van der Waals surface area contributed by atoms with Crippen LogP contribution in [0.4, 0.5) is 0 Å². The van der Waals surface area contributed by atoms with Crippen LogP contribution in [0.2, 0.25) is 0 Å². The molecular formula is C28H44O2. The van der Waals surface area contributed by atoms with Crippen LogP contribution in [0.15, 0.2) is 24.3 Å². The molecular weight excluding hydrogens is 368 g/mol. The Morgan fingerprint density at radius 1 is 0.933 bits per heavy atom. The van der Waals surface area contributed by atoms with Gasteiger partial charge in [-0.15, -0.1) is 0 Å². The second-order valence-corrected chi connectivity index (χ2v) is 12.4. The third-order valence-electron chi connectivity index (χ3n) is 7.93. The van der Waals surface area contributed by atoms with Crippen LogP contribution < -0.4 is 4.74 Å². The normalized spacial score (nSPS) is 32.4. The van der Waals surface area contributed by atoms with E-state index in [1.165, 1.54) is 56.9 Å². The zero-order chi connectivity index (χ0) is 21.5. The van der Waals surface area contributed by atoms with Gasteiger partial charge in [0, 0.05) is 5.41 Å². The van der Waals surface area contributed by atoms with Crippen molar-refractivity contribution in [3.05, 3.63) is 29.8 Å². The highest BCUT2D eigenvalue weighted by Crippen LogP contribution is 2.62. The number of hydrogen-bond donors (Lipinski definition) is 0. The summed E-state index contributed by atoms with van der Waals surface area (Å²) in [4.78, 5) is 0. The first-order chi connectivity index (χ1) is 14.2. The minimum absolute atomic E-state index is 0.103. The molecule has 0 amide bonds. The largest absolute Gasteiger partial charge is 0.464 e. The van der Waals surface area contributed by atoms with E-state index in [4.69, 9.17) is 9.47 Å². The third-order valence-corrected chi connectivity index (χ3v) is 7.93. The molecule has 0 heterocycles. The van der Waals surface area contributed by atoms with E-state index in [0.29, 0.717) is 11.3 Å². The second kappa shape index (κ2) is 8.49. The topological polar surface area (TPSA) is 18.5 Å². The number of ether oxygens (including phenoxy) is 2. The maximum absolute atomic E-state index is 6.66. The van der Waals surface area contributed by atoms with Crippen molar-refractivity contribution in [1.29, 1.82) is 0 Å². The third kappa shape index (κ3) is 4.90. The average Bonchev–Trinajstić information content (AvgIpc) is 2.64. The van der Waals surface area contributed by atoms with E-state index >= 15 is 0 Å². The zero-order valence-electron chi connectivity index (χ0n) is 20.2. The molecule has 30 heavy (non-hydrogen) atoms. The van der Waals surface area contributed by atoms with Gasteiger partial charge in [0.15, 0.2) is 0 Å². The summed E-state index contributed by atoms with van der Waals surface area (Å²) in [5.41, 5.74) is 2.02. The summed E-state index contributed by atoms with van der Waals surface area (Å²) in [6.45, 7) is 13.6. The van der Waals surface area contributed by atoms with Crippen LogP contribution in [0.3, 0.4) is 0 Å². The molecule has 5 rings (SSSR count). The fourth-order valence-electron chi connectivity index (χ4n) is 7.19. The fourth-order valence-corrected chi connectivity index (χ4v) is 7.19. The number of rotatable bonds is 8. The number of benzene rings is 1. The summed E-state index contributed by atoms with van der Waals surface area (Å²) < 4.78 is 13.1. The van der Waals surface area contributed by atoms with Crippen LogP contribution in [0.1, 0.15) is 104 Å². The van der Waals surface area contributed by atoms with Crippen molar-refractivity contribution in [3.63, 3.8) is 0 Å². The Bertz CT molecular complexity index is 661. The molecule has 2 nitrogen and oxygen atoms in total. The summed E-state index contributed by atoms with van der Waals surface area (Å²) in [6, 6.07) is 8.97. The first kappa shape index (κ1) is 22.2. The summed E-state index contributed by atoms with van der Waals surface area (Å²) in [5, 5.41) is 0. The molecule has 4 saturated carbocycles. The second-order valence-electron chi connectivity index (χ2n) is 12.4. The van der Waals surface area contributed by atoms with Gasteiger partial charge in [-0.25, -0.2) is 0 Å². The van der Waals surface area contributed by atoms with Gasteiger partial charge in [-0.3, -0.25) is 0 Å². The predicted octanol–water partition coefficient (Wildman–Crippen LogP) is 7.96. The van der Waals surface area contributed by atoms with Gasteiger partial charge < -0.3 is 9.47 Å². The lowest BCUT2D eigenvalue weighted by Gasteiger charge is -2.58. The van der Waals surface area contributed by atoms with E-state index in [0.717, 1.165) is 23.5 Å².